The van der Waals surface area contributed by atoms with E-state index >= 15 is 0 Å². The molecule has 1 aromatic heterocycles. The molecule has 1 heterocycles. The Morgan fingerprint density at radius 1 is 1.47 bits per heavy atom. The van der Waals surface area contributed by atoms with Crippen LogP contribution in [-0.2, 0) is 0 Å². The molecule has 1 aromatic carbocycles. The Hall–Kier alpha value is -2.24. The first kappa shape index (κ1) is 11.3. The van der Waals surface area contributed by atoms with Gasteiger partial charge in [-0.2, -0.15) is 0 Å². The molecular weight excluding hydrogens is 222 g/mol. The highest BCUT2D eigenvalue weighted by Gasteiger charge is 2.15. The van der Waals surface area contributed by atoms with E-state index in [4.69, 9.17) is 10.8 Å². The summed E-state index contributed by atoms with van der Waals surface area (Å²) in [5.41, 5.74) is 6.86. The number of nitrogens with zero attached hydrogens (tertiary/aromatic N) is 1. The van der Waals surface area contributed by atoms with Crippen LogP contribution in [0.2, 0.25) is 0 Å². The highest BCUT2D eigenvalue weighted by atomic mass is 16.4. The van der Waals surface area contributed by atoms with Crippen molar-refractivity contribution < 1.29 is 9.90 Å². The number of hydrogen-bond acceptors (Lipinski definition) is 3. The van der Waals surface area contributed by atoms with Crippen LogP contribution in [0.15, 0.2) is 16.9 Å². The number of aromatic nitrogens is 2. The van der Waals surface area contributed by atoms with Gasteiger partial charge in [0.25, 0.3) is 0 Å². The lowest BCUT2D eigenvalue weighted by molar-refractivity contribution is 0.0697. The number of nitrogens with one attached hydrogen (secondary N) is 1. The minimum atomic E-state index is -1.07. The molecule has 0 aliphatic carbocycles. The van der Waals surface area contributed by atoms with E-state index in [0.717, 1.165) is 0 Å². The molecule has 0 radical (unpaired) electrons. The van der Waals surface area contributed by atoms with Gasteiger partial charge in [0.2, 0.25) is 0 Å². The largest absolute Gasteiger partial charge is 0.478 e. The number of fused-ring (bicyclic) bond motifs is 1. The number of nitrogen functional groups attached to an aromatic ring is 1. The molecule has 0 bridgehead atoms. The van der Waals surface area contributed by atoms with Gasteiger partial charge in [0.1, 0.15) is 0 Å². The number of aromatic carboxylic acids is 1. The van der Waals surface area contributed by atoms with E-state index in [2.05, 4.69) is 4.98 Å². The predicted octanol–water partition coefficient (Wildman–Crippen LogP) is 1.19. The Morgan fingerprint density at radius 2 is 2.12 bits per heavy atom. The van der Waals surface area contributed by atoms with Crippen LogP contribution in [0.25, 0.3) is 11.0 Å². The van der Waals surface area contributed by atoms with Crippen LogP contribution in [0.3, 0.4) is 0 Å². The number of H-pyrrole nitrogens is 1. The summed E-state index contributed by atoms with van der Waals surface area (Å²) in [6, 6.07) is 2.72. The zero-order valence-corrected chi connectivity index (χ0v) is 9.52. The van der Waals surface area contributed by atoms with E-state index < -0.39 is 5.97 Å². The van der Waals surface area contributed by atoms with Crippen molar-refractivity contribution >= 4 is 22.7 Å². The molecule has 2 aromatic rings. The molecule has 4 N–H and O–H groups in total. The highest BCUT2D eigenvalue weighted by Crippen LogP contribution is 2.23. The van der Waals surface area contributed by atoms with Crippen molar-refractivity contribution in [2.24, 2.45) is 0 Å². The highest BCUT2D eigenvalue weighted by molar-refractivity contribution is 5.97. The van der Waals surface area contributed by atoms with Crippen LogP contribution in [0.4, 0.5) is 5.69 Å². The fourth-order valence-electron chi connectivity index (χ4n) is 1.91. The van der Waals surface area contributed by atoms with Crippen LogP contribution in [-0.4, -0.2) is 20.6 Å². The predicted molar refractivity (Wildman–Crippen MR) is 64.3 cm³/mol. The third kappa shape index (κ3) is 1.67. The SMILES string of the molecule is CC(C)n1c(=O)[nH]c2cc(C(=O)O)cc(N)c21. The number of benzene rings is 1. The fraction of sp³-hybridized carbons (Fsp3) is 0.273. The first-order valence-corrected chi connectivity index (χ1v) is 5.19. The number of rotatable bonds is 2. The third-order valence-corrected chi connectivity index (χ3v) is 2.60. The quantitative estimate of drug-likeness (QED) is 0.680. The molecular formula is C11H13N3O3. The van der Waals surface area contributed by atoms with E-state index in [9.17, 15) is 9.59 Å². The number of hydrogen-bond donors (Lipinski definition) is 3. The number of aromatic amines is 1. The second-order valence-electron chi connectivity index (χ2n) is 4.16. The summed E-state index contributed by atoms with van der Waals surface area (Å²) in [6.07, 6.45) is 0. The van der Waals surface area contributed by atoms with Crippen molar-refractivity contribution in [3.63, 3.8) is 0 Å². The van der Waals surface area contributed by atoms with Crippen molar-refractivity contribution in [3.8, 4) is 0 Å². The van der Waals surface area contributed by atoms with Gasteiger partial charge >= 0.3 is 11.7 Å². The monoisotopic (exact) mass is 235 g/mol. The Kier molecular flexibility index (Phi) is 2.42. The minimum absolute atomic E-state index is 0.0470. The van der Waals surface area contributed by atoms with Gasteiger partial charge < -0.3 is 15.8 Å². The Morgan fingerprint density at radius 3 is 2.65 bits per heavy atom. The van der Waals surface area contributed by atoms with Crippen LogP contribution < -0.4 is 11.4 Å². The summed E-state index contributed by atoms with van der Waals surface area (Å²) in [6.45, 7) is 3.72. The summed E-state index contributed by atoms with van der Waals surface area (Å²) in [5.74, 6) is -1.07. The molecule has 0 saturated heterocycles. The molecule has 0 amide bonds. The molecule has 6 heteroatoms. The fourth-order valence-corrected chi connectivity index (χ4v) is 1.91. The topological polar surface area (TPSA) is 101 Å². The van der Waals surface area contributed by atoms with E-state index in [1.807, 2.05) is 13.8 Å². The van der Waals surface area contributed by atoms with E-state index in [-0.39, 0.29) is 23.0 Å². The number of carbonyl (C=O) groups is 1. The molecule has 2 rings (SSSR count). The Bertz CT molecular complexity index is 652. The van der Waals surface area contributed by atoms with Crippen molar-refractivity contribution in [2.45, 2.75) is 19.9 Å². The van der Waals surface area contributed by atoms with Gasteiger partial charge in [0, 0.05) is 6.04 Å². The first-order chi connectivity index (χ1) is 7.91. The van der Waals surface area contributed by atoms with Crippen molar-refractivity contribution in [1.82, 2.24) is 9.55 Å². The smallest absolute Gasteiger partial charge is 0.335 e. The Labute approximate surface area is 96.7 Å². The molecule has 0 atom stereocenters. The van der Waals surface area contributed by atoms with Crippen LogP contribution in [0, 0.1) is 0 Å². The molecule has 0 aliphatic heterocycles. The summed E-state index contributed by atoms with van der Waals surface area (Å²) < 4.78 is 1.51. The summed E-state index contributed by atoms with van der Waals surface area (Å²) >= 11 is 0. The first-order valence-electron chi connectivity index (χ1n) is 5.19. The molecule has 0 fully saturated rings. The minimum Gasteiger partial charge on any atom is -0.478 e. The van der Waals surface area contributed by atoms with Crippen molar-refractivity contribution in [1.29, 1.82) is 0 Å². The zero-order valence-electron chi connectivity index (χ0n) is 9.52. The van der Waals surface area contributed by atoms with Gasteiger partial charge in [0.15, 0.2) is 0 Å². The lowest BCUT2D eigenvalue weighted by Crippen LogP contribution is -2.18. The number of carboxylic acid groups (broad SMARTS) is 1. The lowest BCUT2D eigenvalue weighted by atomic mass is 10.1. The van der Waals surface area contributed by atoms with Crippen LogP contribution >= 0.6 is 0 Å². The summed E-state index contributed by atoms with van der Waals surface area (Å²) in [5, 5.41) is 8.90. The number of imidazole rings is 1. The average molecular weight is 235 g/mol. The van der Waals surface area contributed by atoms with Gasteiger partial charge in [-0.05, 0) is 26.0 Å². The molecule has 6 nitrogen and oxygen atoms in total. The van der Waals surface area contributed by atoms with Gasteiger partial charge in [-0.15, -0.1) is 0 Å². The van der Waals surface area contributed by atoms with E-state index in [1.165, 1.54) is 16.7 Å². The van der Waals surface area contributed by atoms with E-state index in [0.29, 0.717) is 11.0 Å². The van der Waals surface area contributed by atoms with Gasteiger partial charge in [-0.25, -0.2) is 9.59 Å². The third-order valence-electron chi connectivity index (χ3n) is 2.60. The van der Waals surface area contributed by atoms with Gasteiger partial charge in [0.05, 0.1) is 22.3 Å². The molecule has 0 spiro atoms. The molecule has 90 valence electrons. The molecule has 0 aliphatic rings. The maximum absolute atomic E-state index is 11.7. The summed E-state index contributed by atoms with van der Waals surface area (Å²) in [4.78, 5) is 25.2. The van der Waals surface area contributed by atoms with Gasteiger partial charge in [-0.1, -0.05) is 0 Å². The summed E-state index contributed by atoms with van der Waals surface area (Å²) in [7, 11) is 0. The lowest BCUT2D eigenvalue weighted by Gasteiger charge is -2.09. The Balaban J connectivity index is 2.86. The second-order valence-corrected chi connectivity index (χ2v) is 4.16. The van der Waals surface area contributed by atoms with Crippen molar-refractivity contribution in [3.05, 3.63) is 28.2 Å². The average Bonchev–Trinajstić information content (AvgIpc) is 2.54. The normalized spacial score (nSPS) is 11.2. The van der Waals surface area contributed by atoms with Crippen LogP contribution in [0.1, 0.15) is 30.2 Å². The van der Waals surface area contributed by atoms with E-state index in [1.54, 1.807) is 0 Å². The second kappa shape index (κ2) is 3.65. The van der Waals surface area contributed by atoms with Crippen LogP contribution in [0.5, 0.6) is 0 Å². The number of carboxylic acids is 1. The zero-order chi connectivity index (χ0) is 12.7. The maximum atomic E-state index is 11.7. The molecule has 0 unspecified atom stereocenters. The number of nitrogens with two attached hydrogens (primary N) is 1. The molecule has 0 saturated carbocycles. The van der Waals surface area contributed by atoms with Gasteiger partial charge in [-0.3, -0.25) is 4.57 Å². The molecule has 17 heavy (non-hydrogen) atoms. The maximum Gasteiger partial charge on any atom is 0.335 e. The number of anilines is 1. The standard InChI is InChI=1S/C11H13N3O3/c1-5(2)14-9-7(12)3-6(10(15)16)4-8(9)13-11(14)17/h3-5H,12H2,1-2H3,(H,13,17)(H,15,16). The van der Waals surface area contributed by atoms with Crippen molar-refractivity contribution in [2.75, 3.05) is 5.73 Å².